The molecule has 5 heteroatoms. The summed E-state index contributed by atoms with van der Waals surface area (Å²) in [6.07, 6.45) is 6.61. The minimum absolute atomic E-state index is 0.00490. The second kappa shape index (κ2) is 7.41. The third kappa shape index (κ3) is 4.17. The van der Waals surface area contributed by atoms with Gasteiger partial charge in [-0.2, -0.15) is 0 Å². The molecule has 5 nitrogen and oxygen atoms in total. The summed E-state index contributed by atoms with van der Waals surface area (Å²) < 4.78 is 0. The van der Waals surface area contributed by atoms with Crippen molar-refractivity contribution in [1.29, 1.82) is 0 Å². The molecule has 2 heterocycles. The highest BCUT2D eigenvalue weighted by Crippen LogP contribution is 2.28. The van der Waals surface area contributed by atoms with E-state index in [4.69, 9.17) is 5.73 Å². The molecule has 1 fully saturated rings. The lowest BCUT2D eigenvalue weighted by Gasteiger charge is -2.40. The van der Waals surface area contributed by atoms with Crippen LogP contribution in [0.15, 0.2) is 18.3 Å². The maximum atomic E-state index is 11.7. The molecule has 1 amide bonds. The van der Waals surface area contributed by atoms with Crippen LogP contribution in [0.25, 0.3) is 0 Å². The van der Waals surface area contributed by atoms with E-state index < -0.39 is 0 Å². The number of nitrogens with one attached hydrogen (secondary N) is 1. The molecule has 2 unspecified atom stereocenters. The first kappa shape index (κ1) is 15.8. The lowest BCUT2D eigenvalue weighted by atomic mass is 9.97. The molecule has 2 rings (SSSR count). The number of hydrogen-bond donors (Lipinski definition) is 2. The normalized spacial score (nSPS) is 22.1. The average molecular weight is 290 g/mol. The van der Waals surface area contributed by atoms with Gasteiger partial charge in [0, 0.05) is 18.5 Å². The Morgan fingerprint density at radius 3 is 2.67 bits per heavy atom. The average Bonchev–Trinajstić information content (AvgIpc) is 2.46. The summed E-state index contributed by atoms with van der Waals surface area (Å²) in [5.74, 6) is 0.990. The molecule has 0 radical (unpaired) electrons. The van der Waals surface area contributed by atoms with Crippen LogP contribution in [0.3, 0.4) is 0 Å². The van der Waals surface area contributed by atoms with Crippen molar-refractivity contribution >= 4 is 17.4 Å². The lowest BCUT2D eigenvalue weighted by molar-refractivity contribution is -0.116. The zero-order chi connectivity index (χ0) is 15.2. The number of carbonyl (C=O) groups is 1. The largest absolute Gasteiger partial charge is 0.351 e. The summed E-state index contributed by atoms with van der Waals surface area (Å²) in [5.41, 5.74) is 6.15. The highest BCUT2D eigenvalue weighted by Gasteiger charge is 2.25. The smallest absolute Gasteiger partial charge is 0.224 e. The fourth-order valence-electron chi connectivity index (χ4n) is 2.97. The predicted octanol–water partition coefficient (Wildman–Crippen LogP) is 2.53. The van der Waals surface area contributed by atoms with Gasteiger partial charge in [-0.15, -0.1) is 0 Å². The van der Waals surface area contributed by atoms with E-state index in [0.717, 1.165) is 11.5 Å². The summed E-state index contributed by atoms with van der Waals surface area (Å²) in [6.45, 7) is 5.04. The maximum absolute atomic E-state index is 11.7. The summed E-state index contributed by atoms with van der Waals surface area (Å²) in [6, 6.07) is 4.96. The number of carbonyl (C=O) groups excluding carboxylic acids is 1. The SMILES string of the molecule is CC1CCCC(C)N1c1ccc(NC(=O)CCCN)cn1. The third-order valence-electron chi connectivity index (χ3n) is 4.10. The lowest BCUT2D eigenvalue weighted by Crippen LogP contribution is -2.44. The molecule has 1 saturated heterocycles. The monoisotopic (exact) mass is 290 g/mol. The van der Waals surface area contributed by atoms with Crippen molar-refractivity contribution in [3.8, 4) is 0 Å². The van der Waals surface area contributed by atoms with Crippen molar-refractivity contribution in [3.63, 3.8) is 0 Å². The summed E-state index contributed by atoms with van der Waals surface area (Å²) in [5, 5.41) is 2.85. The summed E-state index contributed by atoms with van der Waals surface area (Å²) >= 11 is 0. The van der Waals surface area contributed by atoms with E-state index >= 15 is 0 Å². The molecule has 0 spiro atoms. The van der Waals surface area contributed by atoms with Crippen molar-refractivity contribution in [2.45, 2.75) is 58.0 Å². The molecule has 21 heavy (non-hydrogen) atoms. The molecular formula is C16H26N4O. The van der Waals surface area contributed by atoms with E-state index in [1.807, 2.05) is 12.1 Å². The number of hydrogen-bond acceptors (Lipinski definition) is 4. The highest BCUT2D eigenvalue weighted by atomic mass is 16.1. The zero-order valence-electron chi connectivity index (χ0n) is 13.0. The van der Waals surface area contributed by atoms with Crippen LogP contribution in [0.1, 0.15) is 46.0 Å². The van der Waals surface area contributed by atoms with Gasteiger partial charge < -0.3 is 16.0 Å². The summed E-state index contributed by atoms with van der Waals surface area (Å²) in [7, 11) is 0. The Balaban J connectivity index is 1.99. The molecule has 2 atom stereocenters. The standard InChI is InChI=1S/C16H26N4O/c1-12-5-3-6-13(2)20(12)15-9-8-14(11-18-15)19-16(21)7-4-10-17/h8-9,11-13H,3-7,10,17H2,1-2H3,(H,19,21). The van der Waals surface area contributed by atoms with Crippen LogP contribution in [0.5, 0.6) is 0 Å². The third-order valence-corrected chi connectivity index (χ3v) is 4.10. The minimum atomic E-state index is -0.00490. The summed E-state index contributed by atoms with van der Waals surface area (Å²) in [4.78, 5) is 18.6. The number of nitrogens with zero attached hydrogens (tertiary/aromatic N) is 2. The Hall–Kier alpha value is -1.62. The van der Waals surface area contributed by atoms with Crippen LogP contribution in [0, 0.1) is 0 Å². The molecular weight excluding hydrogens is 264 g/mol. The van der Waals surface area contributed by atoms with E-state index in [1.165, 1.54) is 19.3 Å². The molecule has 0 aromatic carbocycles. The molecule has 1 aliphatic heterocycles. The molecule has 116 valence electrons. The van der Waals surface area contributed by atoms with Gasteiger partial charge in [-0.3, -0.25) is 4.79 Å². The van der Waals surface area contributed by atoms with Crippen LogP contribution < -0.4 is 16.0 Å². The van der Waals surface area contributed by atoms with E-state index in [9.17, 15) is 4.79 Å². The first-order valence-electron chi connectivity index (χ1n) is 7.86. The van der Waals surface area contributed by atoms with E-state index in [0.29, 0.717) is 31.5 Å². The highest BCUT2D eigenvalue weighted by molar-refractivity contribution is 5.90. The Morgan fingerprint density at radius 1 is 1.38 bits per heavy atom. The molecule has 0 aliphatic carbocycles. The molecule has 0 bridgehead atoms. The van der Waals surface area contributed by atoms with Crippen molar-refractivity contribution in [1.82, 2.24) is 4.98 Å². The topological polar surface area (TPSA) is 71.2 Å². The second-order valence-corrected chi connectivity index (χ2v) is 5.88. The number of pyridine rings is 1. The van der Waals surface area contributed by atoms with E-state index in [2.05, 4.69) is 29.0 Å². The number of nitrogens with two attached hydrogens (primary N) is 1. The van der Waals surface area contributed by atoms with Gasteiger partial charge in [0.1, 0.15) is 5.82 Å². The Bertz CT molecular complexity index is 450. The van der Waals surface area contributed by atoms with Gasteiger partial charge in [0.15, 0.2) is 0 Å². The van der Waals surface area contributed by atoms with E-state index in [-0.39, 0.29) is 5.91 Å². The Labute approximate surface area is 126 Å². The van der Waals surface area contributed by atoms with Gasteiger partial charge in [0.2, 0.25) is 5.91 Å². The Morgan fingerprint density at radius 2 is 2.10 bits per heavy atom. The predicted molar refractivity (Wildman–Crippen MR) is 86.4 cm³/mol. The van der Waals surface area contributed by atoms with Crippen molar-refractivity contribution in [3.05, 3.63) is 18.3 Å². The molecule has 1 aromatic heterocycles. The first-order chi connectivity index (χ1) is 10.1. The Kier molecular flexibility index (Phi) is 5.56. The maximum Gasteiger partial charge on any atom is 0.224 e. The van der Waals surface area contributed by atoms with Gasteiger partial charge in [0.25, 0.3) is 0 Å². The van der Waals surface area contributed by atoms with Crippen molar-refractivity contribution in [2.75, 3.05) is 16.8 Å². The fraction of sp³-hybridized carbons (Fsp3) is 0.625. The van der Waals surface area contributed by atoms with E-state index in [1.54, 1.807) is 6.20 Å². The van der Waals surface area contributed by atoms with Crippen LogP contribution in [-0.4, -0.2) is 29.5 Å². The number of piperidine rings is 1. The van der Waals surface area contributed by atoms with Crippen LogP contribution >= 0.6 is 0 Å². The quantitative estimate of drug-likeness (QED) is 0.874. The molecule has 1 aliphatic rings. The number of amides is 1. The fourth-order valence-corrected chi connectivity index (χ4v) is 2.97. The van der Waals surface area contributed by atoms with Gasteiger partial charge in [-0.25, -0.2) is 4.98 Å². The molecule has 1 aromatic rings. The van der Waals surface area contributed by atoms with Crippen LogP contribution in [0.4, 0.5) is 11.5 Å². The number of rotatable bonds is 5. The van der Waals surface area contributed by atoms with Crippen LogP contribution in [0.2, 0.25) is 0 Å². The number of anilines is 2. The van der Waals surface area contributed by atoms with Gasteiger partial charge in [-0.05, 0) is 58.2 Å². The van der Waals surface area contributed by atoms with Crippen LogP contribution in [-0.2, 0) is 4.79 Å². The van der Waals surface area contributed by atoms with Gasteiger partial charge in [-0.1, -0.05) is 0 Å². The molecule has 3 N–H and O–H groups in total. The van der Waals surface area contributed by atoms with Gasteiger partial charge in [0.05, 0.1) is 11.9 Å². The number of aromatic nitrogens is 1. The molecule has 0 saturated carbocycles. The first-order valence-corrected chi connectivity index (χ1v) is 7.86. The van der Waals surface area contributed by atoms with Crippen molar-refractivity contribution in [2.24, 2.45) is 5.73 Å². The zero-order valence-corrected chi connectivity index (χ0v) is 13.0. The minimum Gasteiger partial charge on any atom is -0.351 e. The van der Waals surface area contributed by atoms with Crippen molar-refractivity contribution < 1.29 is 4.79 Å². The second-order valence-electron chi connectivity index (χ2n) is 5.88. The van der Waals surface area contributed by atoms with Gasteiger partial charge >= 0.3 is 0 Å².